The van der Waals surface area contributed by atoms with E-state index in [0.717, 1.165) is 27.9 Å². The van der Waals surface area contributed by atoms with Gasteiger partial charge in [0.15, 0.2) is 0 Å². The number of amides is 4. The third kappa shape index (κ3) is 12.8. The molecular formula is C51H54ClF6N7O5. The molecule has 0 fully saturated rings. The van der Waals surface area contributed by atoms with Gasteiger partial charge in [-0.2, -0.15) is 0 Å². The molecule has 0 saturated carbocycles. The molecule has 372 valence electrons. The first-order valence-corrected chi connectivity index (χ1v) is 22.3. The fourth-order valence-electron chi connectivity index (χ4n) is 8.67. The first-order valence-electron chi connectivity index (χ1n) is 22.3. The Morgan fingerprint density at radius 3 is 1.46 bits per heavy atom. The Balaban J connectivity index is 0.000000231. The van der Waals surface area contributed by atoms with Gasteiger partial charge < -0.3 is 45.6 Å². The molecule has 0 aliphatic carbocycles. The predicted octanol–water partition coefficient (Wildman–Crippen LogP) is 10.9. The predicted molar refractivity (Wildman–Crippen MR) is 258 cm³/mol. The fraction of sp³-hybridized carbons (Fsp3) is 0.314. The van der Waals surface area contributed by atoms with E-state index in [4.69, 9.17) is 5.73 Å². The average molecular weight is 994 g/mol. The lowest BCUT2D eigenvalue weighted by molar-refractivity contribution is -0.275. The summed E-state index contributed by atoms with van der Waals surface area (Å²) in [7, 11) is 0. The van der Waals surface area contributed by atoms with Gasteiger partial charge in [0.1, 0.15) is 22.9 Å². The molecule has 2 aliphatic heterocycles. The van der Waals surface area contributed by atoms with Crippen molar-refractivity contribution in [1.29, 1.82) is 0 Å². The largest absolute Gasteiger partial charge is 0.573 e. The summed E-state index contributed by atoms with van der Waals surface area (Å²) in [5, 5.41) is 11.5. The number of nitrogens with one attached hydrogen (secondary N) is 4. The van der Waals surface area contributed by atoms with Crippen LogP contribution in [-0.4, -0.2) is 71.4 Å². The van der Waals surface area contributed by atoms with Crippen LogP contribution in [0.4, 0.5) is 31.1 Å². The van der Waals surface area contributed by atoms with Crippen molar-refractivity contribution in [3.05, 3.63) is 132 Å². The number of alkyl halides is 6. The quantitative estimate of drug-likeness (QED) is 0.0815. The molecule has 6 N–H and O–H groups in total. The van der Waals surface area contributed by atoms with Crippen molar-refractivity contribution in [2.75, 3.05) is 26.2 Å². The lowest BCUT2D eigenvalue weighted by Gasteiger charge is -2.29. The van der Waals surface area contributed by atoms with E-state index in [1.807, 2.05) is 92.3 Å². The lowest BCUT2D eigenvalue weighted by Crippen LogP contribution is -2.47. The highest BCUT2D eigenvalue weighted by atomic mass is 35.5. The summed E-state index contributed by atoms with van der Waals surface area (Å²) in [5.74, 6) is -1.16. The van der Waals surface area contributed by atoms with E-state index < -0.39 is 12.7 Å². The number of aryl methyl sites for hydroxylation is 2. The van der Waals surface area contributed by atoms with Crippen LogP contribution in [0.3, 0.4) is 0 Å². The number of hydrogen-bond acceptors (Lipinski definition) is 6. The second-order valence-electron chi connectivity index (χ2n) is 17.9. The molecular weight excluding hydrogens is 940 g/mol. The van der Waals surface area contributed by atoms with Gasteiger partial charge in [-0.25, -0.2) is 4.79 Å². The van der Waals surface area contributed by atoms with Crippen molar-refractivity contribution in [3.63, 3.8) is 0 Å². The molecule has 2 aliphatic rings. The van der Waals surface area contributed by atoms with E-state index >= 15 is 0 Å². The van der Waals surface area contributed by atoms with Crippen molar-refractivity contribution < 1.29 is 50.2 Å². The molecule has 12 nitrogen and oxygen atoms in total. The molecule has 0 spiro atoms. The van der Waals surface area contributed by atoms with Gasteiger partial charge in [-0.05, 0) is 125 Å². The highest BCUT2D eigenvalue weighted by Crippen LogP contribution is 2.43. The van der Waals surface area contributed by atoms with Crippen LogP contribution >= 0.6 is 12.4 Å². The number of nitrogens with zero attached hydrogens (tertiary/aromatic N) is 2. The number of ether oxygens (including phenoxy) is 2. The minimum atomic E-state index is -4.82. The number of benzene rings is 4. The van der Waals surface area contributed by atoms with Gasteiger partial charge in [0.05, 0.1) is 23.5 Å². The Morgan fingerprint density at radius 2 is 1.06 bits per heavy atom. The fourth-order valence-corrected chi connectivity index (χ4v) is 8.67. The number of urea groups is 1. The number of fused-ring (bicyclic) bond motifs is 2. The monoisotopic (exact) mass is 993 g/mol. The maximum absolute atomic E-state index is 12.9. The Morgan fingerprint density at radius 1 is 0.643 bits per heavy atom. The van der Waals surface area contributed by atoms with E-state index in [1.54, 1.807) is 24.3 Å². The summed E-state index contributed by atoms with van der Waals surface area (Å²) in [6.07, 6.45) is -8.44. The Hall–Kier alpha value is -6.92. The number of carbonyl (C=O) groups excluding carboxylic acids is 3. The zero-order valence-corrected chi connectivity index (χ0v) is 39.8. The number of aromatic nitrogens is 2. The molecule has 4 heterocycles. The SMILES string of the molecule is Cc1cccc(-c2c(-c3cccc(OC(F)(F)F)c3)cc3n2[C@@H](CCN)CNC3=O)c1.Cc1cccc(-c2c(-c3cccc(OC(F)(F)F)c3)cc3n2[C@@H](CCNC(=O)NC(C)(C)C)CNC3=O)c1.Cl. The zero-order valence-electron chi connectivity index (χ0n) is 39.0. The van der Waals surface area contributed by atoms with Crippen LogP contribution in [0.2, 0.25) is 0 Å². The van der Waals surface area contributed by atoms with E-state index in [-0.39, 0.29) is 59.4 Å². The van der Waals surface area contributed by atoms with Crippen LogP contribution in [-0.2, 0) is 0 Å². The van der Waals surface area contributed by atoms with Crippen LogP contribution in [0.1, 0.15) is 77.8 Å². The summed E-state index contributed by atoms with van der Waals surface area (Å²) in [4.78, 5) is 37.8. The number of nitrogens with two attached hydrogens (primary N) is 1. The molecule has 4 amide bonds. The minimum absolute atomic E-state index is 0. The zero-order chi connectivity index (χ0) is 49.8. The average Bonchev–Trinajstić information content (AvgIpc) is 3.87. The van der Waals surface area contributed by atoms with Gasteiger partial charge in [0, 0.05) is 36.3 Å². The summed E-state index contributed by atoms with van der Waals surface area (Å²) in [5.41, 5.74) is 13.8. The van der Waals surface area contributed by atoms with E-state index in [9.17, 15) is 40.7 Å². The molecule has 6 aromatic rings. The van der Waals surface area contributed by atoms with Gasteiger partial charge in [-0.3, -0.25) is 9.59 Å². The number of halogens is 7. The second-order valence-corrected chi connectivity index (χ2v) is 17.9. The van der Waals surface area contributed by atoms with Crippen LogP contribution in [0.15, 0.2) is 109 Å². The van der Waals surface area contributed by atoms with Crippen LogP contribution in [0.5, 0.6) is 11.5 Å². The van der Waals surface area contributed by atoms with Gasteiger partial charge in [-0.1, -0.05) is 71.8 Å². The highest BCUT2D eigenvalue weighted by Gasteiger charge is 2.35. The summed E-state index contributed by atoms with van der Waals surface area (Å²) in [6.45, 7) is 11.2. The minimum Gasteiger partial charge on any atom is -0.406 e. The van der Waals surface area contributed by atoms with Crippen molar-refractivity contribution >= 4 is 30.3 Å². The first-order chi connectivity index (χ1) is 32.6. The lowest BCUT2D eigenvalue weighted by atomic mass is 9.99. The molecule has 0 radical (unpaired) electrons. The van der Waals surface area contributed by atoms with Gasteiger partial charge >= 0.3 is 18.8 Å². The molecule has 0 saturated heterocycles. The van der Waals surface area contributed by atoms with Crippen molar-refractivity contribution in [3.8, 4) is 56.3 Å². The normalized spacial score (nSPS) is 15.5. The maximum Gasteiger partial charge on any atom is 0.573 e. The Bertz CT molecular complexity index is 2850. The van der Waals surface area contributed by atoms with E-state index in [2.05, 4.69) is 30.7 Å². The molecule has 0 unspecified atom stereocenters. The topological polar surface area (TPSA) is 154 Å². The Labute approximate surface area is 407 Å². The Kier molecular flexibility index (Phi) is 16.0. The second kappa shape index (κ2) is 21.4. The van der Waals surface area contributed by atoms with E-state index in [0.29, 0.717) is 78.4 Å². The standard InChI is InChI=1S/C28H31F3N4O3.C23H22F3N3O2.ClH/c1-17-7-5-9-19(13-17)24-22(18-8-6-10-21(14-18)38-28(29,30)31)15-23-25(36)33-16-20(35(23)24)11-12-32-26(37)34-27(2,3)4;1-14-4-2-6-16(10-14)21-19(15-5-3-7-18(11-15)31-23(24,25)26)12-20-22(30)28-13-17(8-9-27)29(20)21;/h5-10,13-15,20H,11-12,16H2,1-4H3,(H,33,36)(H2,32,34,37);2-7,10-12,17H,8-9,13,27H2,1H3,(H,28,30);1H/t20-;17-;/m00./s1. The molecule has 2 atom stereocenters. The summed E-state index contributed by atoms with van der Waals surface area (Å²) < 4.78 is 89.1. The van der Waals surface area contributed by atoms with Crippen LogP contribution in [0, 0.1) is 13.8 Å². The van der Waals surface area contributed by atoms with E-state index in [1.165, 1.54) is 36.4 Å². The van der Waals surface area contributed by atoms with Gasteiger partial charge in [-0.15, -0.1) is 38.7 Å². The van der Waals surface area contributed by atoms with Crippen LogP contribution < -0.4 is 36.5 Å². The maximum atomic E-state index is 12.9. The molecule has 8 rings (SSSR count). The molecule has 2 aromatic heterocycles. The molecule has 19 heteroatoms. The molecule has 70 heavy (non-hydrogen) atoms. The van der Waals surface area contributed by atoms with Crippen molar-refractivity contribution in [2.45, 2.75) is 77.8 Å². The summed E-state index contributed by atoms with van der Waals surface area (Å²) >= 11 is 0. The number of carbonyl (C=O) groups is 3. The third-order valence-corrected chi connectivity index (χ3v) is 11.4. The smallest absolute Gasteiger partial charge is 0.406 e. The van der Waals surface area contributed by atoms with Gasteiger partial charge in [0.25, 0.3) is 11.8 Å². The molecule has 4 aromatic carbocycles. The number of rotatable bonds is 11. The highest BCUT2D eigenvalue weighted by molar-refractivity contribution is 6.00. The van der Waals surface area contributed by atoms with Crippen molar-refractivity contribution in [2.24, 2.45) is 5.73 Å². The third-order valence-electron chi connectivity index (χ3n) is 11.4. The summed E-state index contributed by atoms with van der Waals surface area (Å²) in [6, 6.07) is 30.0. The number of hydrogen-bond donors (Lipinski definition) is 5. The molecule has 0 bridgehead atoms. The van der Waals surface area contributed by atoms with Gasteiger partial charge in [0.2, 0.25) is 0 Å². The van der Waals surface area contributed by atoms with Crippen molar-refractivity contribution in [1.82, 2.24) is 30.4 Å². The first kappa shape index (κ1) is 52.5. The van der Waals surface area contributed by atoms with Crippen LogP contribution in [0.25, 0.3) is 44.8 Å².